The van der Waals surface area contributed by atoms with E-state index in [2.05, 4.69) is 62.2 Å². The number of likely N-dealkylation sites (N-methyl/N-ethyl adjacent to an activating group) is 1. The van der Waals surface area contributed by atoms with Crippen molar-refractivity contribution < 1.29 is 9.47 Å². The molecule has 0 aliphatic heterocycles. The van der Waals surface area contributed by atoms with Gasteiger partial charge in [0.1, 0.15) is 5.75 Å². The van der Waals surface area contributed by atoms with E-state index in [1.165, 1.54) is 16.7 Å². The maximum atomic E-state index is 6.70. The Labute approximate surface area is 221 Å². The van der Waals surface area contributed by atoms with Gasteiger partial charge in [-0.15, -0.1) is 0 Å². The zero-order chi connectivity index (χ0) is 26.1. The zero-order valence-corrected chi connectivity index (χ0v) is 23.0. The van der Waals surface area contributed by atoms with Crippen molar-refractivity contribution in [3.8, 4) is 5.75 Å². The van der Waals surface area contributed by atoms with Crippen molar-refractivity contribution in [2.45, 2.75) is 58.6 Å². The second kappa shape index (κ2) is 13.6. The molecule has 0 fully saturated rings. The van der Waals surface area contributed by atoms with Crippen LogP contribution in [0, 0.1) is 0 Å². The Kier molecular flexibility index (Phi) is 10.6. The molecule has 2 aromatic rings. The van der Waals surface area contributed by atoms with Crippen LogP contribution in [0.4, 0.5) is 0 Å². The summed E-state index contributed by atoms with van der Waals surface area (Å²) in [5, 5.41) is 7.47. The lowest BCUT2D eigenvalue weighted by molar-refractivity contribution is 0.0400. The number of rotatable bonds is 13. The maximum Gasteiger partial charge on any atom is 0.120 e. The second-order valence-electron chi connectivity index (χ2n) is 8.93. The molecule has 6 heteroatoms. The van der Waals surface area contributed by atoms with Gasteiger partial charge in [-0.3, -0.25) is 4.99 Å². The van der Waals surface area contributed by atoms with Crippen LogP contribution in [0.25, 0.3) is 5.70 Å². The summed E-state index contributed by atoms with van der Waals surface area (Å²) < 4.78 is 11.6. The number of fused-ring (bicyclic) bond motifs is 1. The molecule has 1 aliphatic carbocycles. The Balaban J connectivity index is 1.94. The van der Waals surface area contributed by atoms with Gasteiger partial charge in [-0.05, 0) is 61.2 Å². The monoisotopic (exact) mass is 509 g/mol. The molecule has 0 amide bonds. The first-order valence-electron chi connectivity index (χ1n) is 12.9. The molecule has 0 bridgehead atoms. The molecule has 0 unspecified atom stereocenters. The molecule has 1 aliphatic rings. The van der Waals surface area contributed by atoms with E-state index in [1.54, 1.807) is 7.11 Å². The second-order valence-corrected chi connectivity index (χ2v) is 9.34. The van der Waals surface area contributed by atoms with Crippen LogP contribution >= 0.6 is 11.6 Å². The van der Waals surface area contributed by atoms with Crippen LogP contribution in [0.1, 0.15) is 62.8 Å². The van der Waals surface area contributed by atoms with Crippen LogP contribution < -0.4 is 15.4 Å². The minimum Gasteiger partial charge on any atom is -0.497 e. The number of benzene rings is 2. The predicted molar refractivity (Wildman–Crippen MR) is 152 cm³/mol. The van der Waals surface area contributed by atoms with E-state index in [9.17, 15) is 0 Å². The van der Waals surface area contributed by atoms with E-state index in [0.717, 1.165) is 60.6 Å². The largest absolute Gasteiger partial charge is 0.497 e. The number of aliphatic imine (C=N–C) groups is 1. The molecule has 0 saturated carbocycles. The molecule has 2 N–H and O–H groups in total. The number of ether oxygens (including phenoxy) is 2. The van der Waals surface area contributed by atoms with Crippen molar-refractivity contribution >= 4 is 23.0 Å². The maximum absolute atomic E-state index is 6.70. The van der Waals surface area contributed by atoms with Gasteiger partial charge in [-0.1, -0.05) is 63.2 Å². The summed E-state index contributed by atoms with van der Waals surface area (Å²) in [5.41, 5.74) is 7.39. The van der Waals surface area contributed by atoms with Crippen molar-refractivity contribution in [1.82, 2.24) is 10.6 Å². The zero-order valence-electron chi connectivity index (χ0n) is 22.3. The molecular weight excluding hydrogens is 470 g/mol. The molecule has 5 nitrogen and oxygen atoms in total. The fourth-order valence-electron chi connectivity index (χ4n) is 4.69. The fraction of sp³-hybridized carbons (Fsp3) is 0.433. The third-order valence-corrected chi connectivity index (χ3v) is 7.06. The van der Waals surface area contributed by atoms with Crippen LogP contribution in [-0.2, 0) is 11.2 Å². The first-order valence-corrected chi connectivity index (χ1v) is 13.3. The van der Waals surface area contributed by atoms with Gasteiger partial charge in [0.2, 0.25) is 0 Å². The molecule has 0 saturated heterocycles. The summed E-state index contributed by atoms with van der Waals surface area (Å²) in [4.78, 5) is 5.18. The Morgan fingerprint density at radius 1 is 1.11 bits per heavy atom. The number of hydrogen-bond acceptors (Lipinski definition) is 5. The van der Waals surface area contributed by atoms with Crippen LogP contribution in [0.15, 0.2) is 65.3 Å². The molecule has 0 heterocycles. The highest BCUT2D eigenvalue weighted by Gasteiger charge is 2.33. The summed E-state index contributed by atoms with van der Waals surface area (Å²) >= 11 is 6.70. The van der Waals surface area contributed by atoms with E-state index >= 15 is 0 Å². The van der Waals surface area contributed by atoms with Gasteiger partial charge >= 0.3 is 0 Å². The van der Waals surface area contributed by atoms with E-state index in [4.69, 9.17) is 26.1 Å². The number of hydrogen-bond donors (Lipinski definition) is 2. The van der Waals surface area contributed by atoms with Crippen molar-refractivity contribution in [3.63, 3.8) is 0 Å². The molecule has 0 aromatic heterocycles. The summed E-state index contributed by atoms with van der Waals surface area (Å²) in [6.07, 6.45) is 3.45. The highest BCUT2D eigenvalue weighted by atomic mass is 35.5. The molecule has 2 aromatic carbocycles. The minimum absolute atomic E-state index is 0.0242. The summed E-state index contributed by atoms with van der Waals surface area (Å²) in [5.74, 6) is 0.729. The molecule has 194 valence electrons. The Morgan fingerprint density at radius 3 is 2.50 bits per heavy atom. The Hall–Kier alpha value is -2.60. The van der Waals surface area contributed by atoms with E-state index in [1.807, 2.05) is 25.2 Å². The Morgan fingerprint density at radius 2 is 1.86 bits per heavy atom. The molecule has 3 rings (SSSR count). The first-order chi connectivity index (χ1) is 17.5. The smallest absolute Gasteiger partial charge is 0.120 e. The van der Waals surface area contributed by atoms with Gasteiger partial charge in [-0.2, -0.15) is 0 Å². The predicted octanol–water partition coefficient (Wildman–Crippen LogP) is 6.74. The topological polar surface area (TPSA) is 54.9 Å². The minimum atomic E-state index is 0.0242. The molecule has 0 spiro atoms. The van der Waals surface area contributed by atoms with Crippen LogP contribution in [0.2, 0.25) is 5.02 Å². The number of nitrogens with one attached hydrogen (secondary N) is 2. The van der Waals surface area contributed by atoms with Crippen molar-refractivity contribution in [3.05, 3.63) is 82.0 Å². The van der Waals surface area contributed by atoms with Crippen molar-refractivity contribution in [2.75, 3.05) is 27.3 Å². The van der Waals surface area contributed by atoms with Crippen LogP contribution in [0.5, 0.6) is 5.75 Å². The summed E-state index contributed by atoms with van der Waals surface area (Å²) in [6.45, 7) is 12.3. The summed E-state index contributed by atoms with van der Waals surface area (Å²) in [7, 11) is 3.58. The lowest BCUT2D eigenvalue weighted by Crippen LogP contribution is -2.33. The van der Waals surface area contributed by atoms with E-state index in [0.29, 0.717) is 11.6 Å². The summed E-state index contributed by atoms with van der Waals surface area (Å²) in [6, 6.07) is 14.3. The Bertz CT molecular complexity index is 1100. The molecule has 0 radical (unpaired) electrons. The standard InChI is InChI=1S/C30H40ClN3O2/c1-7-21(8-2)29(25-15-14-23(35-6)19-26(25)31)34-27(9-3)20(4)33-30-24-13-11-10-12-22(24)18-28(30)36-17-16-32-5/h10-15,19,28,30,32-33H,4,7-9,16-18H2,1-3,5-6H3/t28-,30+/m0/s1. The number of nitrogens with zero attached hydrogens (tertiary/aromatic N) is 1. The number of methoxy groups -OCH3 is 1. The number of allylic oxidation sites excluding steroid dienone is 2. The average Bonchev–Trinajstić information content (AvgIpc) is 3.23. The first kappa shape index (κ1) is 28.0. The SMILES string of the molecule is C=C(N[C@@H]1c2ccccc2C[C@@H]1OCCNC)C(CC)=NC(=C(CC)CC)c1ccc(OC)cc1Cl. The highest BCUT2D eigenvalue weighted by molar-refractivity contribution is 6.32. The van der Waals surface area contributed by atoms with Crippen molar-refractivity contribution in [2.24, 2.45) is 4.99 Å². The van der Waals surface area contributed by atoms with Gasteiger partial charge in [0.15, 0.2) is 0 Å². The normalized spacial score (nSPS) is 17.0. The van der Waals surface area contributed by atoms with E-state index in [-0.39, 0.29) is 12.1 Å². The van der Waals surface area contributed by atoms with Gasteiger partial charge < -0.3 is 20.1 Å². The van der Waals surface area contributed by atoms with Gasteiger partial charge in [0.25, 0.3) is 0 Å². The molecular formula is C30H40ClN3O2. The molecule has 36 heavy (non-hydrogen) atoms. The lowest BCUT2D eigenvalue weighted by atomic mass is 10.0. The van der Waals surface area contributed by atoms with Gasteiger partial charge in [0.05, 0.1) is 42.3 Å². The molecule has 2 atom stereocenters. The average molecular weight is 510 g/mol. The van der Waals surface area contributed by atoms with Crippen LogP contribution in [-0.4, -0.2) is 39.1 Å². The van der Waals surface area contributed by atoms with Gasteiger partial charge in [0, 0.05) is 24.2 Å². The highest BCUT2D eigenvalue weighted by Crippen LogP contribution is 2.35. The third kappa shape index (κ3) is 6.58. The number of halogens is 1. The van der Waals surface area contributed by atoms with Crippen molar-refractivity contribution in [1.29, 1.82) is 0 Å². The lowest BCUT2D eigenvalue weighted by Gasteiger charge is -2.25. The quantitative estimate of drug-likeness (QED) is 0.232. The van der Waals surface area contributed by atoms with E-state index < -0.39 is 0 Å². The van der Waals surface area contributed by atoms with Gasteiger partial charge in [-0.25, -0.2) is 0 Å². The third-order valence-electron chi connectivity index (χ3n) is 6.75. The van der Waals surface area contributed by atoms with Crippen LogP contribution in [0.3, 0.4) is 0 Å². The fourth-order valence-corrected chi connectivity index (χ4v) is 4.95.